The smallest absolute Gasteiger partial charge is 0.376 e. The lowest BCUT2D eigenvalue weighted by molar-refractivity contribution is -0.181. The summed E-state index contributed by atoms with van der Waals surface area (Å²) in [6.07, 6.45) is 1.50. The van der Waals surface area contributed by atoms with Crippen molar-refractivity contribution in [2.75, 3.05) is 26.3 Å². The van der Waals surface area contributed by atoms with Gasteiger partial charge >= 0.3 is 6.02 Å². The lowest BCUT2D eigenvalue weighted by atomic mass is 10.0. The third-order valence-electron chi connectivity index (χ3n) is 3.70. The molecule has 0 bridgehead atoms. The van der Waals surface area contributed by atoms with Gasteiger partial charge in [-0.3, -0.25) is 0 Å². The van der Waals surface area contributed by atoms with E-state index in [1.165, 1.54) is 0 Å². The van der Waals surface area contributed by atoms with Gasteiger partial charge in [-0.2, -0.15) is 6.57 Å². The molecule has 0 radical (unpaired) electrons. The number of amidine groups is 1. The Balaban J connectivity index is 1.66. The highest BCUT2D eigenvalue weighted by Gasteiger charge is 2.41. The van der Waals surface area contributed by atoms with E-state index in [2.05, 4.69) is 10.1 Å². The van der Waals surface area contributed by atoms with Crippen LogP contribution in [0.3, 0.4) is 0 Å². The Morgan fingerprint density at radius 2 is 1.86 bits per heavy atom. The van der Waals surface area contributed by atoms with Crippen molar-refractivity contribution < 1.29 is 14.2 Å². The number of rotatable bonds is 1. The maximum absolute atomic E-state index is 6.96. The number of benzene rings is 1. The Morgan fingerprint density at radius 1 is 1.19 bits per heavy atom. The predicted octanol–water partition coefficient (Wildman–Crippen LogP) is 2.09. The van der Waals surface area contributed by atoms with Crippen molar-refractivity contribution in [1.82, 2.24) is 4.90 Å². The van der Waals surface area contributed by atoms with Gasteiger partial charge < -0.3 is 19.1 Å². The molecule has 1 aromatic rings. The van der Waals surface area contributed by atoms with E-state index in [0.717, 1.165) is 12.8 Å². The van der Waals surface area contributed by atoms with Gasteiger partial charge in [-0.1, -0.05) is 18.2 Å². The normalized spacial score (nSPS) is 21.3. The summed E-state index contributed by atoms with van der Waals surface area (Å²) < 4.78 is 17.1. The standard InChI is InChI=1S/C15H17N3O3/c1-16-17-14(21-13-5-3-2-4-6-13)18-9-7-15(8-10-18)19-11-12-20-15/h2-6H,7-12H2/b17-14-. The van der Waals surface area contributed by atoms with Crippen molar-refractivity contribution in [3.05, 3.63) is 41.9 Å². The Morgan fingerprint density at radius 3 is 2.48 bits per heavy atom. The monoisotopic (exact) mass is 287 g/mol. The van der Waals surface area contributed by atoms with Crippen molar-refractivity contribution >= 4 is 6.02 Å². The third kappa shape index (κ3) is 3.15. The summed E-state index contributed by atoms with van der Waals surface area (Å²) in [5.41, 5.74) is 0. The van der Waals surface area contributed by atoms with Gasteiger partial charge in [0.05, 0.1) is 13.2 Å². The van der Waals surface area contributed by atoms with Crippen LogP contribution in [0.25, 0.3) is 4.95 Å². The SMILES string of the molecule is [C-]#[N+]/N=C(\Oc1ccccc1)N1CCC2(CC1)OCCO2. The van der Waals surface area contributed by atoms with Crippen molar-refractivity contribution in [2.24, 2.45) is 5.10 Å². The van der Waals surface area contributed by atoms with Crippen LogP contribution in [0, 0.1) is 6.57 Å². The summed E-state index contributed by atoms with van der Waals surface area (Å²) >= 11 is 0. The van der Waals surface area contributed by atoms with Crippen LogP contribution in [0.4, 0.5) is 0 Å². The van der Waals surface area contributed by atoms with E-state index in [-0.39, 0.29) is 0 Å². The Labute approximate surface area is 123 Å². The second kappa shape index (κ2) is 6.12. The Kier molecular flexibility index (Phi) is 4.04. The molecule has 2 heterocycles. The molecule has 1 spiro atoms. The fourth-order valence-electron chi connectivity index (χ4n) is 2.61. The molecule has 3 rings (SSSR count). The van der Waals surface area contributed by atoms with Gasteiger partial charge in [-0.25, -0.2) is 0 Å². The van der Waals surface area contributed by atoms with Gasteiger partial charge in [0, 0.05) is 25.9 Å². The molecule has 0 unspecified atom stereocenters. The minimum atomic E-state index is -0.438. The quantitative estimate of drug-likeness (QED) is 0.343. The van der Waals surface area contributed by atoms with Crippen molar-refractivity contribution in [3.8, 4) is 5.75 Å². The van der Waals surface area contributed by atoms with Crippen LogP contribution in [-0.2, 0) is 9.47 Å². The number of hydrogen-bond acceptors (Lipinski definition) is 4. The fourth-order valence-corrected chi connectivity index (χ4v) is 2.61. The second-order valence-electron chi connectivity index (χ2n) is 4.99. The fraction of sp³-hybridized carbons (Fsp3) is 0.467. The first-order valence-corrected chi connectivity index (χ1v) is 7.01. The summed E-state index contributed by atoms with van der Waals surface area (Å²) in [5, 5.41) is 3.79. The molecule has 6 heteroatoms. The van der Waals surface area contributed by atoms with Gasteiger partial charge in [-0.15, -0.1) is 4.95 Å². The molecule has 2 aliphatic heterocycles. The zero-order valence-electron chi connectivity index (χ0n) is 11.7. The average Bonchev–Trinajstić information content (AvgIpc) is 2.97. The van der Waals surface area contributed by atoms with Crippen LogP contribution in [0.1, 0.15) is 12.8 Å². The number of ether oxygens (including phenoxy) is 3. The number of piperidine rings is 1. The molecule has 0 aliphatic carbocycles. The maximum atomic E-state index is 6.96. The molecule has 2 aliphatic rings. The van der Waals surface area contributed by atoms with E-state index >= 15 is 0 Å². The molecule has 0 aromatic heterocycles. The van der Waals surface area contributed by atoms with Crippen LogP contribution in [-0.4, -0.2) is 43.0 Å². The molecule has 0 amide bonds. The van der Waals surface area contributed by atoms with E-state index in [4.69, 9.17) is 20.8 Å². The molecule has 0 saturated carbocycles. The van der Waals surface area contributed by atoms with Crippen molar-refractivity contribution in [1.29, 1.82) is 0 Å². The predicted molar refractivity (Wildman–Crippen MR) is 76.5 cm³/mol. The number of para-hydroxylation sites is 1. The average molecular weight is 287 g/mol. The third-order valence-corrected chi connectivity index (χ3v) is 3.70. The van der Waals surface area contributed by atoms with Gasteiger partial charge in [0.1, 0.15) is 10.9 Å². The molecule has 2 fully saturated rings. The maximum Gasteiger partial charge on any atom is 0.376 e. The van der Waals surface area contributed by atoms with Gasteiger partial charge in [0.25, 0.3) is 0 Å². The highest BCUT2D eigenvalue weighted by atomic mass is 16.7. The van der Waals surface area contributed by atoms with E-state index in [9.17, 15) is 0 Å². The summed E-state index contributed by atoms with van der Waals surface area (Å²) in [6.45, 7) is 9.66. The van der Waals surface area contributed by atoms with Crippen LogP contribution in [0.2, 0.25) is 0 Å². The van der Waals surface area contributed by atoms with E-state index in [1.807, 2.05) is 35.2 Å². The molecule has 0 atom stereocenters. The minimum absolute atomic E-state index is 0.337. The topological polar surface area (TPSA) is 47.7 Å². The second-order valence-corrected chi connectivity index (χ2v) is 4.99. The number of likely N-dealkylation sites (tertiary alicyclic amines) is 1. The summed E-state index contributed by atoms with van der Waals surface area (Å²) in [6, 6.07) is 9.70. The highest BCUT2D eigenvalue weighted by Crippen LogP contribution is 2.31. The van der Waals surface area contributed by atoms with Gasteiger partial charge in [0.2, 0.25) is 0 Å². The van der Waals surface area contributed by atoms with Crippen LogP contribution in [0.5, 0.6) is 5.75 Å². The first-order chi connectivity index (χ1) is 10.3. The summed E-state index contributed by atoms with van der Waals surface area (Å²) in [7, 11) is 0. The van der Waals surface area contributed by atoms with Gasteiger partial charge in [0.15, 0.2) is 5.79 Å². The lowest BCUT2D eigenvalue weighted by Gasteiger charge is -2.37. The first kappa shape index (κ1) is 13.9. The van der Waals surface area contributed by atoms with Gasteiger partial charge in [-0.05, 0) is 12.1 Å². The zero-order chi connectivity index (χ0) is 14.5. The Hall–Kier alpha value is -2.10. The number of nitrogens with zero attached hydrogens (tertiary/aromatic N) is 3. The molecule has 2 saturated heterocycles. The van der Waals surface area contributed by atoms with E-state index in [0.29, 0.717) is 38.1 Å². The molecular weight excluding hydrogens is 270 g/mol. The summed E-state index contributed by atoms with van der Waals surface area (Å²) in [5.74, 6) is 0.237. The molecule has 1 aromatic carbocycles. The van der Waals surface area contributed by atoms with Crippen LogP contribution >= 0.6 is 0 Å². The number of hydrogen-bond donors (Lipinski definition) is 0. The minimum Gasteiger partial charge on any atom is -0.421 e. The van der Waals surface area contributed by atoms with Crippen LogP contribution in [0.15, 0.2) is 35.4 Å². The molecule has 110 valence electrons. The molecule has 21 heavy (non-hydrogen) atoms. The zero-order valence-corrected chi connectivity index (χ0v) is 11.7. The summed E-state index contributed by atoms with van der Waals surface area (Å²) in [4.78, 5) is 5.06. The first-order valence-electron chi connectivity index (χ1n) is 7.01. The lowest BCUT2D eigenvalue weighted by Crippen LogP contribution is -2.48. The molecule has 6 nitrogen and oxygen atoms in total. The van der Waals surface area contributed by atoms with Crippen molar-refractivity contribution in [3.63, 3.8) is 0 Å². The van der Waals surface area contributed by atoms with Crippen LogP contribution < -0.4 is 4.74 Å². The van der Waals surface area contributed by atoms with E-state index < -0.39 is 5.79 Å². The largest absolute Gasteiger partial charge is 0.421 e. The molecular formula is C15H17N3O3. The highest BCUT2D eigenvalue weighted by molar-refractivity contribution is 5.76. The van der Waals surface area contributed by atoms with E-state index in [1.54, 1.807) is 0 Å². The Bertz CT molecular complexity index is 537. The van der Waals surface area contributed by atoms with Crippen molar-refractivity contribution in [2.45, 2.75) is 18.6 Å². The molecule has 0 N–H and O–H groups in total.